The van der Waals surface area contributed by atoms with Gasteiger partial charge in [-0.05, 0) is 66.8 Å². The first-order valence-corrected chi connectivity index (χ1v) is 11.1. The van der Waals surface area contributed by atoms with E-state index in [0.29, 0.717) is 12.1 Å². The van der Waals surface area contributed by atoms with E-state index in [1.165, 1.54) is 53.5 Å². The summed E-state index contributed by atoms with van der Waals surface area (Å²) in [6.45, 7) is 0. The van der Waals surface area contributed by atoms with Crippen LogP contribution in [0.4, 0.5) is 0 Å². The van der Waals surface area contributed by atoms with E-state index in [4.69, 9.17) is 16.6 Å². The Labute approximate surface area is 172 Å². The predicted octanol–water partition coefficient (Wildman–Crippen LogP) is 5.75. The zero-order chi connectivity index (χ0) is 18.9. The number of allylic oxidation sites excluding steroid dienone is 1. The summed E-state index contributed by atoms with van der Waals surface area (Å²) in [5.41, 5.74) is 6.79. The quantitative estimate of drug-likeness (QED) is 0.706. The number of halogens is 1. The second kappa shape index (κ2) is 7.75. The lowest BCUT2D eigenvalue weighted by Crippen LogP contribution is -2.37. The summed E-state index contributed by atoms with van der Waals surface area (Å²) in [6, 6.07) is 13.9. The van der Waals surface area contributed by atoms with E-state index in [9.17, 15) is 0 Å². The van der Waals surface area contributed by atoms with E-state index >= 15 is 0 Å². The average Bonchev–Trinajstić information content (AvgIpc) is 3.17. The van der Waals surface area contributed by atoms with Crippen LogP contribution in [-0.4, -0.2) is 17.9 Å². The van der Waals surface area contributed by atoms with Gasteiger partial charge < -0.3 is 5.32 Å². The minimum atomic E-state index is 0.448. The highest BCUT2D eigenvalue weighted by molar-refractivity contribution is 6.32. The maximum Gasteiger partial charge on any atom is 0.129 e. The fourth-order valence-corrected chi connectivity index (χ4v) is 5.31. The molecule has 0 aromatic heterocycles. The van der Waals surface area contributed by atoms with Crippen LogP contribution in [-0.2, 0) is 19.3 Å². The summed E-state index contributed by atoms with van der Waals surface area (Å²) in [5, 5.41) is 4.57. The number of hydrogen-bond donors (Lipinski definition) is 1. The molecule has 0 radical (unpaired) electrons. The van der Waals surface area contributed by atoms with Gasteiger partial charge in [-0.25, -0.2) is 0 Å². The van der Waals surface area contributed by atoms with Gasteiger partial charge in [-0.3, -0.25) is 4.99 Å². The lowest BCUT2D eigenvalue weighted by atomic mass is 9.89. The summed E-state index contributed by atoms with van der Waals surface area (Å²) in [4.78, 5) is 5.05. The third kappa shape index (κ3) is 3.39. The Balaban J connectivity index is 1.42. The molecule has 2 atom stereocenters. The van der Waals surface area contributed by atoms with Crippen LogP contribution < -0.4 is 5.32 Å². The van der Waals surface area contributed by atoms with Crippen LogP contribution in [0, 0.1) is 0 Å². The van der Waals surface area contributed by atoms with Gasteiger partial charge in [-0.1, -0.05) is 66.9 Å². The van der Waals surface area contributed by atoms with Gasteiger partial charge >= 0.3 is 0 Å². The molecule has 0 amide bonds. The zero-order valence-corrected chi connectivity index (χ0v) is 17.0. The van der Waals surface area contributed by atoms with Crippen molar-refractivity contribution in [3.63, 3.8) is 0 Å². The Bertz CT molecular complexity index is 944. The molecule has 0 bridgehead atoms. The standard InChI is InChI=1S/C25H27ClN2/c26-22-12-6-11-21(25-27-23-13-3-4-14-24(23)28-25)20(22)16-15-18-9-5-8-17-7-1-2-10-19(17)18/h1,5-9,11-12,23-24H,2-4,10,13-16H2,(H,27,28)/t23-,24?/m0/s1. The monoisotopic (exact) mass is 390 g/mol. The molecule has 0 saturated heterocycles. The highest BCUT2D eigenvalue weighted by Gasteiger charge is 2.32. The molecule has 144 valence electrons. The molecule has 1 N–H and O–H groups in total. The first-order valence-electron chi connectivity index (χ1n) is 10.7. The Morgan fingerprint density at radius 2 is 1.93 bits per heavy atom. The molecule has 28 heavy (non-hydrogen) atoms. The van der Waals surface area contributed by atoms with Crippen molar-refractivity contribution in [2.45, 2.75) is 63.5 Å². The Morgan fingerprint density at radius 3 is 2.86 bits per heavy atom. The van der Waals surface area contributed by atoms with Gasteiger partial charge in [0.25, 0.3) is 0 Å². The number of nitrogens with zero attached hydrogens (tertiary/aromatic N) is 1. The summed E-state index contributed by atoms with van der Waals surface area (Å²) >= 11 is 6.68. The first-order chi connectivity index (χ1) is 13.8. The first kappa shape index (κ1) is 18.0. The molecule has 2 aromatic carbocycles. The summed E-state index contributed by atoms with van der Waals surface area (Å²) in [5.74, 6) is 1.06. The number of hydrogen-bond acceptors (Lipinski definition) is 2. The van der Waals surface area contributed by atoms with Gasteiger partial charge in [0.1, 0.15) is 5.84 Å². The highest BCUT2D eigenvalue weighted by Crippen LogP contribution is 2.30. The van der Waals surface area contributed by atoms with Crippen LogP contribution in [0.3, 0.4) is 0 Å². The summed E-state index contributed by atoms with van der Waals surface area (Å²) < 4.78 is 0. The molecule has 1 aliphatic heterocycles. The maximum absolute atomic E-state index is 6.68. The van der Waals surface area contributed by atoms with E-state index in [0.717, 1.165) is 36.5 Å². The van der Waals surface area contributed by atoms with Gasteiger partial charge in [0.15, 0.2) is 0 Å². The number of amidine groups is 1. The van der Waals surface area contributed by atoms with Gasteiger partial charge in [0, 0.05) is 16.6 Å². The molecule has 3 heteroatoms. The minimum Gasteiger partial charge on any atom is -0.365 e. The minimum absolute atomic E-state index is 0.448. The molecule has 0 spiro atoms. The van der Waals surface area contributed by atoms with Crippen LogP contribution >= 0.6 is 11.6 Å². The van der Waals surface area contributed by atoms with Crippen molar-refractivity contribution in [2.75, 3.05) is 0 Å². The van der Waals surface area contributed by atoms with Crippen LogP contribution in [0.5, 0.6) is 0 Å². The van der Waals surface area contributed by atoms with E-state index in [2.05, 4.69) is 47.8 Å². The topological polar surface area (TPSA) is 24.4 Å². The Morgan fingerprint density at radius 1 is 1.04 bits per heavy atom. The van der Waals surface area contributed by atoms with Crippen molar-refractivity contribution in [1.29, 1.82) is 0 Å². The smallest absolute Gasteiger partial charge is 0.129 e. The van der Waals surface area contributed by atoms with Crippen LogP contribution in [0.15, 0.2) is 47.5 Å². The lowest BCUT2D eigenvalue weighted by Gasteiger charge is -2.23. The molecule has 5 rings (SSSR count). The number of fused-ring (bicyclic) bond motifs is 2. The third-order valence-electron chi connectivity index (χ3n) is 6.53. The zero-order valence-electron chi connectivity index (χ0n) is 16.3. The molecule has 1 unspecified atom stereocenters. The summed E-state index contributed by atoms with van der Waals surface area (Å²) in [6.07, 6.45) is 13.9. The predicted molar refractivity (Wildman–Crippen MR) is 118 cm³/mol. The fraction of sp³-hybridized carbons (Fsp3) is 0.400. The van der Waals surface area contributed by atoms with Crippen LogP contribution in [0.2, 0.25) is 5.02 Å². The van der Waals surface area contributed by atoms with Crippen LogP contribution in [0.1, 0.15) is 59.9 Å². The SMILES string of the molecule is Clc1cccc(C2=N[C@H]3CCCCC3N2)c1CCc1cccc2c1CCC=C2. The average molecular weight is 391 g/mol. The maximum atomic E-state index is 6.68. The van der Waals surface area contributed by atoms with E-state index in [1.54, 1.807) is 0 Å². The molecule has 2 aliphatic carbocycles. The third-order valence-corrected chi connectivity index (χ3v) is 6.89. The second-order valence-corrected chi connectivity index (χ2v) is 8.68. The van der Waals surface area contributed by atoms with Crippen molar-refractivity contribution in [1.82, 2.24) is 5.32 Å². The van der Waals surface area contributed by atoms with Crippen LogP contribution in [0.25, 0.3) is 6.08 Å². The number of benzene rings is 2. The number of aliphatic imine (C=N–C) groups is 1. The van der Waals surface area contributed by atoms with E-state index in [-0.39, 0.29) is 0 Å². The van der Waals surface area contributed by atoms with Gasteiger partial charge in [-0.2, -0.15) is 0 Å². The molecule has 1 saturated carbocycles. The molecule has 2 aromatic rings. The molecule has 2 nitrogen and oxygen atoms in total. The fourth-order valence-electron chi connectivity index (χ4n) is 5.04. The van der Waals surface area contributed by atoms with Crippen molar-refractivity contribution in [3.05, 3.63) is 75.3 Å². The Kier molecular flexibility index (Phi) is 4.98. The number of nitrogens with one attached hydrogen (secondary N) is 1. The second-order valence-electron chi connectivity index (χ2n) is 8.27. The molecule has 3 aliphatic rings. The van der Waals surface area contributed by atoms with Gasteiger partial charge in [0.05, 0.1) is 6.04 Å². The van der Waals surface area contributed by atoms with Crippen molar-refractivity contribution in [3.8, 4) is 0 Å². The molecular formula is C25H27ClN2. The summed E-state index contributed by atoms with van der Waals surface area (Å²) in [7, 11) is 0. The highest BCUT2D eigenvalue weighted by atomic mass is 35.5. The molecule has 1 fully saturated rings. The Hall–Kier alpha value is -2.06. The van der Waals surface area contributed by atoms with Crippen molar-refractivity contribution in [2.24, 2.45) is 4.99 Å². The molecule has 1 heterocycles. The van der Waals surface area contributed by atoms with E-state index in [1.807, 2.05) is 6.07 Å². The van der Waals surface area contributed by atoms with E-state index < -0.39 is 0 Å². The lowest BCUT2D eigenvalue weighted by molar-refractivity contribution is 0.385. The molecular weight excluding hydrogens is 364 g/mol. The van der Waals surface area contributed by atoms with Gasteiger partial charge in [-0.15, -0.1) is 0 Å². The van der Waals surface area contributed by atoms with Gasteiger partial charge in [0.2, 0.25) is 0 Å². The largest absolute Gasteiger partial charge is 0.365 e. The van der Waals surface area contributed by atoms with Crippen molar-refractivity contribution < 1.29 is 0 Å². The normalized spacial score (nSPS) is 23.0. The number of rotatable bonds is 4. The van der Waals surface area contributed by atoms with Crippen molar-refractivity contribution >= 4 is 23.5 Å². The number of aryl methyl sites for hydroxylation is 1.